The minimum Gasteiger partial charge on any atom is -0.424 e. The third kappa shape index (κ3) is 2.44. The third-order valence-electron chi connectivity index (χ3n) is 2.93. The minimum absolute atomic E-state index is 0.0795. The van der Waals surface area contributed by atoms with Gasteiger partial charge in [0.1, 0.15) is 5.75 Å². The molecule has 1 aromatic heterocycles. The monoisotopic (exact) mass is 281 g/mol. The normalized spacial score (nSPS) is 14.2. The van der Waals surface area contributed by atoms with Gasteiger partial charge in [0, 0.05) is 24.8 Å². The van der Waals surface area contributed by atoms with Gasteiger partial charge in [-0.25, -0.2) is 4.98 Å². The molecule has 0 saturated carbocycles. The molecule has 0 fully saturated rings. The van der Waals surface area contributed by atoms with Crippen molar-refractivity contribution in [2.24, 2.45) is 0 Å². The number of nitrogens with zero attached hydrogens (tertiary/aromatic N) is 2. The Bertz CT molecular complexity index is 643. The first-order valence-electron chi connectivity index (χ1n) is 5.93. The summed E-state index contributed by atoms with van der Waals surface area (Å²) in [6.07, 6.45) is -2.91. The zero-order chi connectivity index (χ0) is 14.2. The van der Waals surface area contributed by atoms with E-state index in [1.165, 1.54) is 18.2 Å². The smallest absolute Gasteiger partial charge is 0.419 e. The minimum atomic E-state index is -4.48. The van der Waals surface area contributed by atoms with Crippen LogP contribution in [0.4, 0.5) is 13.2 Å². The predicted molar refractivity (Wildman–Crippen MR) is 64.1 cm³/mol. The van der Waals surface area contributed by atoms with E-state index in [-0.39, 0.29) is 11.8 Å². The van der Waals surface area contributed by atoms with Gasteiger partial charge in [-0.05, 0) is 12.1 Å². The predicted octanol–water partition coefficient (Wildman–Crippen LogP) is 2.89. The molecule has 0 radical (unpaired) electrons. The number of hydrogen-bond donors (Lipinski definition) is 1. The Kier molecular flexibility index (Phi) is 3.06. The number of benzene rings is 1. The molecule has 0 aliphatic carbocycles. The summed E-state index contributed by atoms with van der Waals surface area (Å²) in [4.78, 5) is 8.04. The molecule has 0 atom stereocenters. The number of halogens is 3. The molecular formula is C13H10F3N3O. The Morgan fingerprint density at radius 2 is 1.95 bits per heavy atom. The van der Waals surface area contributed by atoms with Crippen LogP contribution in [-0.4, -0.2) is 9.97 Å². The molecule has 4 nitrogen and oxygen atoms in total. The lowest BCUT2D eigenvalue weighted by Gasteiger charge is -2.12. The maximum atomic E-state index is 12.8. The second-order valence-electron chi connectivity index (χ2n) is 4.32. The van der Waals surface area contributed by atoms with Crippen LogP contribution in [0.2, 0.25) is 0 Å². The number of hydrogen-bond acceptors (Lipinski definition) is 4. The van der Waals surface area contributed by atoms with E-state index in [1.807, 2.05) is 0 Å². The summed E-state index contributed by atoms with van der Waals surface area (Å²) in [5.41, 5.74) is 0.836. The highest BCUT2D eigenvalue weighted by molar-refractivity contribution is 5.37. The van der Waals surface area contributed by atoms with Crippen LogP contribution in [-0.2, 0) is 19.3 Å². The Balaban J connectivity index is 1.92. The lowest BCUT2D eigenvalue weighted by Crippen LogP contribution is -2.07. The van der Waals surface area contributed by atoms with Crippen LogP contribution < -0.4 is 10.1 Å². The van der Waals surface area contributed by atoms with Crippen LogP contribution in [0.15, 0.2) is 30.5 Å². The lowest BCUT2D eigenvalue weighted by molar-refractivity contribution is -0.138. The molecule has 0 amide bonds. The molecule has 1 aromatic carbocycles. The number of fused-ring (bicyclic) bond motifs is 1. The van der Waals surface area contributed by atoms with E-state index in [1.54, 1.807) is 6.20 Å². The summed E-state index contributed by atoms with van der Waals surface area (Å²) in [6, 6.07) is 4.91. The van der Waals surface area contributed by atoms with E-state index >= 15 is 0 Å². The maximum Gasteiger partial charge on any atom is 0.419 e. The van der Waals surface area contributed by atoms with Crippen LogP contribution in [0, 0.1) is 0 Å². The molecule has 20 heavy (non-hydrogen) atoms. The van der Waals surface area contributed by atoms with Crippen LogP contribution in [0.1, 0.15) is 16.8 Å². The van der Waals surface area contributed by atoms with Gasteiger partial charge in [-0.2, -0.15) is 18.2 Å². The summed E-state index contributed by atoms with van der Waals surface area (Å²) in [7, 11) is 0. The summed E-state index contributed by atoms with van der Waals surface area (Å²) in [6.45, 7) is 1.23. The molecule has 0 unspecified atom stereocenters. The SMILES string of the molecule is FC(F)(F)c1ccccc1Oc1ncc2c(n1)CNC2. The molecule has 0 bridgehead atoms. The molecule has 2 heterocycles. The summed E-state index contributed by atoms with van der Waals surface area (Å²) >= 11 is 0. The topological polar surface area (TPSA) is 47.0 Å². The molecule has 104 valence electrons. The Morgan fingerprint density at radius 1 is 1.15 bits per heavy atom. The zero-order valence-electron chi connectivity index (χ0n) is 10.2. The van der Waals surface area contributed by atoms with E-state index in [2.05, 4.69) is 15.3 Å². The number of rotatable bonds is 2. The van der Waals surface area contributed by atoms with Crippen molar-refractivity contribution in [3.8, 4) is 11.8 Å². The van der Waals surface area contributed by atoms with Crippen LogP contribution in [0.5, 0.6) is 11.8 Å². The Labute approximate surface area is 112 Å². The molecule has 0 saturated heterocycles. The fraction of sp³-hybridized carbons (Fsp3) is 0.231. The van der Waals surface area contributed by atoms with Gasteiger partial charge in [-0.1, -0.05) is 12.1 Å². The van der Waals surface area contributed by atoms with Crippen molar-refractivity contribution in [3.63, 3.8) is 0 Å². The first-order valence-corrected chi connectivity index (χ1v) is 5.93. The van der Waals surface area contributed by atoms with Gasteiger partial charge in [0.15, 0.2) is 0 Å². The van der Waals surface area contributed by atoms with Crippen molar-refractivity contribution in [3.05, 3.63) is 47.3 Å². The molecule has 1 aliphatic rings. The summed E-state index contributed by atoms with van der Waals surface area (Å²) in [5.74, 6) is -0.300. The molecule has 7 heteroatoms. The molecular weight excluding hydrogens is 271 g/mol. The van der Waals surface area contributed by atoms with Crippen molar-refractivity contribution in [2.75, 3.05) is 0 Å². The Hall–Kier alpha value is -2.15. The van der Waals surface area contributed by atoms with Gasteiger partial charge in [0.05, 0.1) is 11.3 Å². The van der Waals surface area contributed by atoms with Crippen LogP contribution in [0.3, 0.4) is 0 Å². The largest absolute Gasteiger partial charge is 0.424 e. The molecule has 0 spiro atoms. The zero-order valence-corrected chi connectivity index (χ0v) is 10.2. The van der Waals surface area contributed by atoms with E-state index in [0.29, 0.717) is 13.1 Å². The van der Waals surface area contributed by atoms with E-state index in [0.717, 1.165) is 17.3 Å². The second kappa shape index (κ2) is 4.75. The van der Waals surface area contributed by atoms with Gasteiger partial charge in [-0.15, -0.1) is 0 Å². The van der Waals surface area contributed by atoms with E-state index in [4.69, 9.17) is 4.74 Å². The fourth-order valence-electron chi connectivity index (χ4n) is 1.98. The lowest BCUT2D eigenvalue weighted by atomic mass is 10.2. The fourth-order valence-corrected chi connectivity index (χ4v) is 1.98. The average molecular weight is 281 g/mol. The van der Waals surface area contributed by atoms with Crippen molar-refractivity contribution >= 4 is 0 Å². The quantitative estimate of drug-likeness (QED) is 0.919. The standard InChI is InChI=1S/C13H10F3N3O/c14-13(15,16)9-3-1-2-4-11(9)20-12-18-6-8-5-17-7-10(8)19-12/h1-4,6,17H,5,7H2. The van der Waals surface area contributed by atoms with Crippen LogP contribution >= 0.6 is 0 Å². The van der Waals surface area contributed by atoms with Crippen molar-refractivity contribution in [2.45, 2.75) is 19.3 Å². The number of ether oxygens (including phenoxy) is 1. The molecule has 3 rings (SSSR count). The maximum absolute atomic E-state index is 12.8. The van der Waals surface area contributed by atoms with Crippen molar-refractivity contribution in [1.29, 1.82) is 0 Å². The van der Waals surface area contributed by atoms with E-state index in [9.17, 15) is 13.2 Å². The molecule has 1 N–H and O–H groups in total. The van der Waals surface area contributed by atoms with Gasteiger partial charge in [0.25, 0.3) is 0 Å². The van der Waals surface area contributed by atoms with E-state index < -0.39 is 11.7 Å². The van der Waals surface area contributed by atoms with Gasteiger partial charge in [-0.3, -0.25) is 0 Å². The van der Waals surface area contributed by atoms with Crippen molar-refractivity contribution < 1.29 is 17.9 Å². The number of aromatic nitrogens is 2. The van der Waals surface area contributed by atoms with Crippen LogP contribution in [0.25, 0.3) is 0 Å². The highest BCUT2D eigenvalue weighted by atomic mass is 19.4. The average Bonchev–Trinajstić information content (AvgIpc) is 2.85. The molecule has 1 aliphatic heterocycles. The molecule has 2 aromatic rings. The van der Waals surface area contributed by atoms with Crippen molar-refractivity contribution in [1.82, 2.24) is 15.3 Å². The number of nitrogens with one attached hydrogen (secondary N) is 1. The van der Waals surface area contributed by atoms with Gasteiger partial charge in [0.2, 0.25) is 0 Å². The van der Waals surface area contributed by atoms with Gasteiger partial charge >= 0.3 is 12.2 Å². The highest BCUT2D eigenvalue weighted by Gasteiger charge is 2.34. The summed E-state index contributed by atoms with van der Waals surface area (Å²) in [5, 5.41) is 3.08. The third-order valence-corrected chi connectivity index (χ3v) is 2.93. The number of para-hydroxylation sites is 1. The van der Waals surface area contributed by atoms with Gasteiger partial charge < -0.3 is 10.1 Å². The Morgan fingerprint density at radius 3 is 2.75 bits per heavy atom. The first kappa shape index (κ1) is 12.9. The second-order valence-corrected chi connectivity index (χ2v) is 4.32. The first-order chi connectivity index (χ1) is 9.54. The highest BCUT2D eigenvalue weighted by Crippen LogP contribution is 2.37. The number of alkyl halides is 3. The summed E-state index contributed by atoms with van der Waals surface area (Å²) < 4.78 is 43.7.